The van der Waals surface area contributed by atoms with Crippen LogP contribution in [0.3, 0.4) is 0 Å². The molecule has 112 valence electrons. The van der Waals surface area contributed by atoms with Crippen molar-refractivity contribution in [3.63, 3.8) is 0 Å². The summed E-state index contributed by atoms with van der Waals surface area (Å²) in [6.07, 6.45) is 0. The normalized spacial score (nSPS) is 12.4. The van der Waals surface area contributed by atoms with Crippen LogP contribution < -0.4 is 10.9 Å². The molecule has 0 aliphatic rings. The molecule has 0 bridgehead atoms. The molecule has 0 amide bonds. The molecule has 5 heteroatoms. The fourth-order valence-electron chi connectivity index (χ4n) is 2.33. The molecule has 0 saturated carbocycles. The van der Waals surface area contributed by atoms with E-state index in [4.69, 9.17) is 0 Å². The van der Waals surface area contributed by atoms with E-state index in [1.807, 2.05) is 14.0 Å². The van der Waals surface area contributed by atoms with Crippen molar-refractivity contribution in [3.05, 3.63) is 57.0 Å². The van der Waals surface area contributed by atoms with Crippen LogP contribution >= 0.6 is 11.8 Å². The first-order valence-electron chi connectivity index (χ1n) is 6.95. The third-order valence-corrected chi connectivity index (χ3v) is 4.35. The summed E-state index contributed by atoms with van der Waals surface area (Å²) in [5, 5.41) is 4.01. The molecular weight excluding hydrogens is 282 g/mol. The second-order valence-electron chi connectivity index (χ2n) is 5.20. The Balaban J connectivity index is 2.14. The lowest BCUT2D eigenvalue weighted by Crippen LogP contribution is -2.20. The Morgan fingerprint density at radius 1 is 1.29 bits per heavy atom. The first kappa shape index (κ1) is 15.8. The largest absolute Gasteiger partial charge is 0.312 e. The Hall–Kier alpha value is -1.59. The summed E-state index contributed by atoms with van der Waals surface area (Å²) >= 11 is 1.56. The summed E-state index contributed by atoms with van der Waals surface area (Å²) < 4.78 is 0. The van der Waals surface area contributed by atoms with Gasteiger partial charge in [0.25, 0.3) is 5.56 Å². The standard InChI is InChI=1S/C16H21N3OS/c1-10-5-6-13(11(2)7-10)14(17-4)9-21-16-18-12(3)8-15(20)19-16/h5-8,14,17H,9H2,1-4H3,(H,18,19,20). The zero-order valence-corrected chi connectivity index (χ0v) is 13.7. The number of nitrogens with one attached hydrogen (secondary N) is 2. The van der Waals surface area contributed by atoms with E-state index in [2.05, 4.69) is 47.3 Å². The summed E-state index contributed by atoms with van der Waals surface area (Å²) in [6.45, 7) is 6.06. The first-order chi connectivity index (χ1) is 9.99. The SMILES string of the molecule is CNC(CSc1nc(C)cc(=O)[nH]1)c1ccc(C)cc1C. The molecule has 0 spiro atoms. The van der Waals surface area contributed by atoms with Gasteiger partial charge in [0.05, 0.1) is 0 Å². The van der Waals surface area contributed by atoms with E-state index >= 15 is 0 Å². The highest BCUT2D eigenvalue weighted by Crippen LogP contribution is 2.24. The lowest BCUT2D eigenvalue weighted by molar-refractivity contribution is 0.656. The van der Waals surface area contributed by atoms with Gasteiger partial charge in [-0.2, -0.15) is 0 Å². The van der Waals surface area contributed by atoms with Crippen LogP contribution in [0.4, 0.5) is 0 Å². The number of aryl methyl sites for hydroxylation is 3. The predicted octanol–water partition coefficient (Wildman–Crippen LogP) is 2.75. The quantitative estimate of drug-likeness (QED) is 0.659. The summed E-state index contributed by atoms with van der Waals surface area (Å²) in [6, 6.07) is 8.21. The second-order valence-corrected chi connectivity index (χ2v) is 6.21. The van der Waals surface area contributed by atoms with Crippen LogP contribution in [0, 0.1) is 20.8 Å². The van der Waals surface area contributed by atoms with Crippen LogP contribution in [0.1, 0.15) is 28.4 Å². The average Bonchev–Trinajstić information content (AvgIpc) is 2.40. The number of H-pyrrole nitrogens is 1. The maximum atomic E-state index is 11.5. The minimum absolute atomic E-state index is 0.0995. The first-order valence-corrected chi connectivity index (χ1v) is 7.93. The molecule has 0 aliphatic carbocycles. The Kier molecular flexibility index (Phi) is 5.20. The number of nitrogens with zero attached hydrogens (tertiary/aromatic N) is 1. The zero-order valence-electron chi connectivity index (χ0n) is 12.9. The molecule has 4 nitrogen and oxygen atoms in total. The van der Waals surface area contributed by atoms with E-state index < -0.39 is 0 Å². The van der Waals surface area contributed by atoms with E-state index in [-0.39, 0.29) is 11.6 Å². The number of aromatic amines is 1. The van der Waals surface area contributed by atoms with E-state index in [1.54, 1.807) is 11.8 Å². The number of benzene rings is 1. The molecule has 2 rings (SSSR count). The van der Waals surface area contributed by atoms with Gasteiger partial charge in [-0.3, -0.25) is 4.79 Å². The Labute approximate surface area is 129 Å². The lowest BCUT2D eigenvalue weighted by Gasteiger charge is -2.18. The van der Waals surface area contributed by atoms with Gasteiger partial charge in [-0.05, 0) is 38.9 Å². The van der Waals surface area contributed by atoms with Crippen molar-refractivity contribution >= 4 is 11.8 Å². The Bertz CT molecular complexity index is 681. The lowest BCUT2D eigenvalue weighted by atomic mass is 10.0. The summed E-state index contributed by atoms with van der Waals surface area (Å²) in [7, 11) is 1.96. The van der Waals surface area contributed by atoms with E-state index in [9.17, 15) is 4.79 Å². The highest BCUT2D eigenvalue weighted by atomic mass is 32.2. The van der Waals surface area contributed by atoms with Gasteiger partial charge in [-0.15, -0.1) is 0 Å². The third kappa shape index (κ3) is 4.19. The molecule has 0 aliphatic heterocycles. The van der Waals surface area contributed by atoms with Gasteiger partial charge in [0, 0.05) is 23.6 Å². The second kappa shape index (κ2) is 6.91. The van der Waals surface area contributed by atoms with Crippen LogP contribution in [0.15, 0.2) is 34.2 Å². The molecule has 1 heterocycles. The molecule has 1 aromatic heterocycles. The maximum Gasteiger partial charge on any atom is 0.251 e. The van der Waals surface area contributed by atoms with Crippen molar-refractivity contribution in [2.24, 2.45) is 0 Å². The molecular formula is C16H21N3OS. The van der Waals surface area contributed by atoms with Crippen LogP contribution in [0.25, 0.3) is 0 Å². The smallest absolute Gasteiger partial charge is 0.251 e. The van der Waals surface area contributed by atoms with Crippen molar-refractivity contribution < 1.29 is 0 Å². The zero-order chi connectivity index (χ0) is 15.4. The highest BCUT2D eigenvalue weighted by molar-refractivity contribution is 7.99. The molecule has 0 fully saturated rings. The summed E-state index contributed by atoms with van der Waals surface area (Å²) in [5.41, 5.74) is 4.47. The van der Waals surface area contributed by atoms with Gasteiger partial charge < -0.3 is 10.3 Å². The monoisotopic (exact) mass is 303 g/mol. The van der Waals surface area contributed by atoms with Crippen molar-refractivity contribution in [3.8, 4) is 0 Å². The number of hydrogen-bond acceptors (Lipinski definition) is 4. The summed E-state index contributed by atoms with van der Waals surface area (Å²) in [4.78, 5) is 18.6. The van der Waals surface area contributed by atoms with E-state index in [1.165, 1.54) is 22.8 Å². The van der Waals surface area contributed by atoms with E-state index in [0.717, 1.165) is 11.4 Å². The minimum Gasteiger partial charge on any atom is -0.312 e. The van der Waals surface area contributed by atoms with Crippen LogP contribution in [-0.4, -0.2) is 22.8 Å². The maximum absolute atomic E-state index is 11.5. The fourth-order valence-corrected chi connectivity index (χ4v) is 3.38. The number of hydrogen-bond donors (Lipinski definition) is 2. The predicted molar refractivity (Wildman–Crippen MR) is 88.0 cm³/mol. The van der Waals surface area contributed by atoms with Crippen molar-refractivity contribution in [1.29, 1.82) is 0 Å². The van der Waals surface area contributed by atoms with Crippen LogP contribution in [0.2, 0.25) is 0 Å². The fraction of sp³-hybridized carbons (Fsp3) is 0.375. The number of aromatic nitrogens is 2. The van der Waals surface area contributed by atoms with E-state index in [0.29, 0.717) is 5.16 Å². The Morgan fingerprint density at radius 3 is 2.67 bits per heavy atom. The van der Waals surface area contributed by atoms with Crippen LogP contribution in [0.5, 0.6) is 0 Å². The molecule has 0 saturated heterocycles. The van der Waals surface area contributed by atoms with Crippen molar-refractivity contribution in [2.45, 2.75) is 32.0 Å². The van der Waals surface area contributed by atoms with Gasteiger partial charge in [0.1, 0.15) is 0 Å². The third-order valence-electron chi connectivity index (χ3n) is 3.38. The highest BCUT2D eigenvalue weighted by Gasteiger charge is 2.13. The van der Waals surface area contributed by atoms with Crippen LogP contribution in [-0.2, 0) is 0 Å². The van der Waals surface area contributed by atoms with Crippen molar-refractivity contribution in [1.82, 2.24) is 15.3 Å². The van der Waals surface area contributed by atoms with Gasteiger partial charge >= 0.3 is 0 Å². The molecule has 0 radical (unpaired) electrons. The summed E-state index contributed by atoms with van der Waals surface area (Å²) in [5.74, 6) is 0.812. The minimum atomic E-state index is -0.0995. The van der Waals surface area contributed by atoms with Gasteiger partial charge in [-0.25, -0.2) is 4.98 Å². The van der Waals surface area contributed by atoms with Gasteiger partial charge in [0.15, 0.2) is 5.16 Å². The molecule has 2 aromatic rings. The number of thioether (sulfide) groups is 1. The molecule has 1 aromatic carbocycles. The van der Waals surface area contributed by atoms with Gasteiger partial charge in [0.2, 0.25) is 0 Å². The molecule has 1 atom stereocenters. The molecule has 21 heavy (non-hydrogen) atoms. The molecule has 2 N–H and O–H groups in total. The number of rotatable bonds is 5. The van der Waals surface area contributed by atoms with Crippen molar-refractivity contribution in [2.75, 3.05) is 12.8 Å². The van der Waals surface area contributed by atoms with Gasteiger partial charge in [-0.1, -0.05) is 35.5 Å². The molecule has 1 unspecified atom stereocenters. The Morgan fingerprint density at radius 2 is 2.05 bits per heavy atom. The average molecular weight is 303 g/mol. The topological polar surface area (TPSA) is 57.8 Å².